The molecule has 1 unspecified atom stereocenters. The van der Waals surface area contributed by atoms with Gasteiger partial charge in [-0.15, -0.1) is 0 Å². The van der Waals surface area contributed by atoms with Crippen molar-refractivity contribution >= 4 is 39.9 Å². The summed E-state index contributed by atoms with van der Waals surface area (Å²) in [5.41, 5.74) is 2.79. The number of alkyl halides is 3. The first kappa shape index (κ1) is 24.0. The Bertz CT molecular complexity index is 1440. The number of nitrogens with one attached hydrogen (secondary N) is 1. The molecule has 1 atom stereocenters. The first-order chi connectivity index (χ1) is 17.2. The van der Waals surface area contributed by atoms with Crippen LogP contribution in [0.5, 0.6) is 0 Å². The highest BCUT2D eigenvalue weighted by Crippen LogP contribution is 2.38. The largest absolute Gasteiger partial charge is 0.451 e. The number of para-hydroxylation sites is 1. The zero-order valence-corrected chi connectivity index (χ0v) is 19.9. The Balaban J connectivity index is 1.47. The molecular weight excluding hydrogens is 491 g/mol. The minimum Gasteiger partial charge on any atom is -0.344 e. The maximum atomic E-state index is 13.6. The summed E-state index contributed by atoms with van der Waals surface area (Å²) < 4.78 is 40.7. The third-order valence-electron chi connectivity index (χ3n) is 6.05. The van der Waals surface area contributed by atoms with Crippen molar-refractivity contribution in [3.8, 4) is 0 Å². The normalized spacial score (nSPS) is 14.4. The highest BCUT2D eigenvalue weighted by atomic mass is 35.5. The minimum absolute atomic E-state index is 0.201. The summed E-state index contributed by atoms with van der Waals surface area (Å²) in [5, 5.41) is 4.00. The van der Waals surface area contributed by atoms with Gasteiger partial charge in [-0.1, -0.05) is 23.7 Å². The predicted molar refractivity (Wildman–Crippen MR) is 131 cm³/mol. The summed E-state index contributed by atoms with van der Waals surface area (Å²) in [5.74, 6) is -1.23. The number of hydrogen-bond acceptors (Lipinski definition) is 5. The lowest BCUT2D eigenvalue weighted by Gasteiger charge is -2.31. The molecule has 0 radical (unpaired) electrons. The number of halogens is 4. The van der Waals surface area contributed by atoms with Crippen LogP contribution in [-0.2, 0) is 12.6 Å². The molecule has 2 aromatic carbocycles. The van der Waals surface area contributed by atoms with Gasteiger partial charge in [0, 0.05) is 22.5 Å². The standard InChI is InChI=1S/C26H21ClF3N5O/c1-15(31-24(36)16-8-10-17(27)11-9-16)19-12-13-22-21(32-19)7-4-14-35(22)23-18-5-2-3-6-20(18)33-25(34-23)26(28,29)30/h2-3,5-6,8-13,15H,4,7,14H2,1H3,(H,31,36). The van der Waals surface area contributed by atoms with E-state index >= 15 is 0 Å². The molecule has 6 nitrogen and oxygen atoms in total. The number of anilines is 2. The number of benzene rings is 2. The van der Waals surface area contributed by atoms with E-state index in [1.807, 2.05) is 13.0 Å². The number of nitrogens with zero attached hydrogens (tertiary/aromatic N) is 4. The molecule has 0 bridgehead atoms. The zero-order chi connectivity index (χ0) is 25.4. The quantitative estimate of drug-likeness (QED) is 0.349. The molecule has 0 aliphatic carbocycles. The summed E-state index contributed by atoms with van der Waals surface area (Å²) in [6.07, 6.45) is -3.32. The Hall–Kier alpha value is -3.72. The van der Waals surface area contributed by atoms with Crippen molar-refractivity contribution in [2.45, 2.75) is 32.0 Å². The molecule has 1 aliphatic heterocycles. The topological polar surface area (TPSA) is 71.0 Å². The Morgan fingerprint density at radius 3 is 2.53 bits per heavy atom. The third-order valence-corrected chi connectivity index (χ3v) is 6.30. The maximum absolute atomic E-state index is 13.6. The molecule has 0 saturated heterocycles. The second-order valence-corrected chi connectivity index (χ2v) is 8.98. The van der Waals surface area contributed by atoms with Crippen LogP contribution >= 0.6 is 11.6 Å². The van der Waals surface area contributed by atoms with Crippen LogP contribution in [0.1, 0.15) is 47.0 Å². The second kappa shape index (κ2) is 9.39. The van der Waals surface area contributed by atoms with Gasteiger partial charge >= 0.3 is 6.18 Å². The van der Waals surface area contributed by atoms with Crippen LogP contribution in [0.25, 0.3) is 10.9 Å². The highest BCUT2D eigenvalue weighted by Gasteiger charge is 2.36. The van der Waals surface area contributed by atoms with Crippen LogP contribution < -0.4 is 10.2 Å². The van der Waals surface area contributed by atoms with E-state index in [0.717, 1.165) is 5.69 Å². The van der Waals surface area contributed by atoms with E-state index in [1.54, 1.807) is 59.5 Å². The summed E-state index contributed by atoms with van der Waals surface area (Å²) >= 11 is 5.90. The van der Waals surface area contributed by atoms with E-state index in [4.69, 9.17) is 16.6 Å². The summed E-state index contributed by atoms with van der Waals surface area (Å²) in [7, 11) is 0. The molecule has 1 amide bonds. The highest BCUT2D eigenvalue weighted by molar-refractivity contribution is 6.30. The molecule has 0 saturated carbocycles. The number of aromatic nitrogens is 3. The van der Waals surface area contributed by atoms with Crippen LogP contribution in [0, 0.1) is 0 Å². The molecule has 36 heavy (non-hydrogen) atoms. The van der Waals surface area contributed by atoms with E-state index < -0.39 is 12.0 Å². The molecule has 2 aromatic heterocycles. The van der Waals surface area contributed by atoms with Gasteiger partial charge in [-0.3, -0.25) is 9.78 Å². The number of rotatable bonds is 4. The van der Waals surface area contributed by atoms with Crippen molar-refractivity contribution < 1.29 is 18.0 Å². The molecule has 0 fully saturated rings. The lowest BCUT2D eigenvalue weighted by Crippen LogP contribution is -2.30. The number of hydrogen-bond donors (Lipinski definition) is 1. The van der Waals surface area contributed by atoms with Gasteiger partial charge in [-0.25, -0.2) is 9.97 Å². The molecular formula is C26H21ClF3N5O. The van der Waals surface area contributed by atoms with E-state index in [0.29, 0.717) is 46.7 Å². The van der Waals surface area contributed by atoms with Crippen LogP contribution in [0.2, 0.25) is 5.02 Å². The Morgan fingerprint density at radius 2 is 1.78 bits per heavy atom. The fourth-order valence-corrected chi connectivity index (χ4v) is 4.40. The predicted octanol–water partition coefficient (Wildman–Crippen LogP) is 6.27. The van der Waals surface area contributed by atoms with Gasteiger partial charge in [0.25, 0.3) is 5.91 Å². The minimum atomic E-state index is -4.67. The van der Waals surface area contributed by atoms with Gasteiger partial charge in [-0.2, -0.15) is 13.2 Å². The smallest absolute Gasteiger partial charge is 0.344 e. The van der Waals surface area contributed by atoms with E-state index in [1.165, 1.54) is 0 Å². The fourth-order valence-electron chi connectivity index (χ4n) is 4.27. The van der Waals surface area contributed by atoms with Crippen molar-refractivity contribution in [1.82, 2.24) is 20.3 Å². The lowest BCUT2D eigenvalue weighted by molar-refractivity contribution is -0.144. The fraction of sp³-hybridized carbons (Fsp3) is 0.231. The molecule has 5 rings (SSSR count). The average molecular weight is 512 g/mol. The molecule has 1 N–H and O–H groups in total. The number of carbonyl (C=O) groups excluding carboxylic acids is 1. The first-order valence-electron chi connectivity index (χ1n) is 11.4. The second-order valence-electron chi connectivity index (χ2n) is 8.54. The SMILES string of the molecule is CC(NC(=O)c1ccc(Cl)cc1)c1ccc2c(n1)CCCN2c1nc(C(F)(F)F)nc2ccccc12. The maximum Gasteiger partial charge on any atom is 0.451 e. The molecule has 10 heteroatoms. The molecule has 3 heterocycles. The van der Waals surface area contributed by atoms with Gasteiger partial charge in [0.1, 0.15) is 5.82 Å². The average Bonchev–Trinajstić information content (AvgIpc) is 2.87. The number of carbonyl (C=O) groups is 1. The van der Waals surface area contributed by atoms with E-state index in [9.17, 15) is 18.0 Å². The van der Waals surface area contributed by atoms with Gasteiger partial charge in [0.05, 0.1) is 28.6 Å². The summed E-state index contributed by atoms with van der Waals surface area (Å²) in [6, 6.07) is 16.5. The van der Waals surface area contributed by atoms with E-state index in [-0.39, 0.29) is 23.3 Å². The van der Waals surface area contributed by atoms with E-state index in [2.05, 4.69) is 15.3 Å². The lowest BCUT2D eigenvalue weighted by atomic mass is 10.0. The number of amides is 1. The van der Waals surface area contributed by atoms with Crippen LogP contribution in [0.3, 0.4) is 0 Å². The van der Waals surface area contributed by atoms with Gasteiger partial charge < -0.3 is 10.2 Å². The van der Waals surface area contributed by atoms with Gasteiger partial charge in [0.2, 0.25) is 5.82 Å². The third kappa shape index (κ3) is 4.70. The van der Waals surface area contributed by atoms with Crippen LogP contribution in [-0.4, -0.2) is 27.4 Å². The first-order valence-corrected chi connectivity index (χ1v) is 11.8. The molecule has 184 valence electrons. The van der Waals surface area contributed by atoms with Crippen molar-refractivity contribution in [1.29, 1.82) is 0 Å². The van der Waals surface area contributed by atoms with Crippen molar-refractivity contribution in [2.75, 3.05) is 11.4 Å². The summed E-state index contributed by atoms with van der Waals surface area (Å²) in [6.45, 7) is 2.33. The Labute approximate surface area is 210 Å². The Kier molecular flexibility index (Phi) is 6.26. The van der Waals surface area contributed by atoms with Crippen LogP contribution in [0.15, 0.2) is 60.7 Å². The van der Waals surface area contributed by atoms with Crippen molar-refractivity contribution in [3.05, 3.63) is 88.5 Å². The summed E-state index contributed by atoms with van der Waals surface area (Å²) in [4.78, 5) is 26.8. The number of fused-ring (bicyclic) bond motifs is 2. The van der Waals surface area contributed by atoms with Crippen LogP contribution in [0.4, 0.5) is 24.7 Å². The Morgan fingerprint density at radius 1 is 1.03 bits per heavy atom. The number of pyridine rings is 1. The van der Waals surface area contributed by atoms with Crippen molar-refractivity contribution in [2.24, 2.45) is 0 Å². The molecule has 0 spiro atoms. The number of aryl methyl sites for hydroxylation is 1. The van der Waals surface area contributed by atoms with Gasteiger partial charge in [0.15, 0.2) is 0 Å². The molecule has 4 aromatic rings. The monoisotopic (exact) mass is 511 g/mol. The zero-order valence-electron chi connectivity index (χ0n) is 19.2. The van der Waals surface area contributed by atoms with Crippen molar-refractivity contribution in [3.63, 3.8) is 0 Å². The molecule has 1 aliphatic rings. The van der Waals surface area contributed by atoms with Gasteiger partial charge in [-0.05, 0) is 68.3 Å².